The van der Waals surface area contributed by atoms with E-state index < -0.39 is 0 Å². The molecule has 0 aliphatic carbocycles. The molecule has 0 unspecified atom stereocenters. The SMILES string of the molecule is CC(C)c1[c]c(C(C)C)cc(-c2ccccn2)c1. The lowest BCUT2D eigenvalue weighted by molar-refractivity contribution is 0.831. The van der Waals surface area contributed by atoms with Gasteiger partial charge in [0.05, 0.1) is 5.69 Å². The van der Waals surface area contributed by atoms with Crippen LogP contribution >= 0.6 is 0 Å². The molecular weight excluding hydrogens is 218 g/mol. The normalized spacial score (nSPS) is 11.2. The molecule has 2 rings (SSSR count). The number of rotatable bonds is 3. The zero-order valence-corrected chi connectivity index (χ0v) is 11.6. The molecule has 0 bridgehead atoms. The number of hydrogen-bond acceptors (Lipinski definition) is 1. The number of nitrogens with zero attached hydrogens (tertiary/aromatic N) is 1. The Bertz CT molecular complexity index is 486. The van der Waals surface area contributed by atoms with Crippen LogP contribution in [0.3, 0.4) is 0 Å². The summed E-state index contributed by atoms with van der Waals surface area (Å²) in [5.41, 5.74) is 4.76. The fourth-order valence-corrected chi connectivity index (χ4v) is 1.92. The van der Waals surface area contributed by atoms with Crippen molar-refractivity contribution in [1.82, 2.24) is 4.98 Å². The van der Waals surface area contributed by atoms with Gasteiger partial charge < -0.3 is 0 Å². The van der Waals surface area contributed by atoms with Crippen molar-refractivity contribution in [1.29, 1.82) is 0 Å². The van der Waals surface area contributed by atoms with Crippen LogP contribution in [0.15, 0.2) is 36.5 Å². The van der Waals surface area contributed by atoms with E-state index in [0.717, 1.165) is 5.69 Å². The van der Waals surface area contributed by atoms with Gasteiger partial charge in [0.2, 0.25) is 0 Å². The molecule has 18 heavy (non-hydrogen) atoms. The highest BCUT2D eigenvalue weighted by atomic mass is 14.7. The molecule has 1 aromatic heterocycles. The van der Waals surface area contributed by atoms with E-state index in [1.54, 1.807) is 0 Å². The summed E-state index contributed by atoms with van der Waals surface area (Å²) in [5.74, 6) is 0.984. The van der Waals surface area contributed by atoms with E-state index in [0.29, 0.717) is 11.8 Å². The van der Waals surface area contributed by atoms with Gasteiger partial charge in [0, 0.05) is 11.8 Å². The number of aromatic nitrogens is 1. The Kier molecular flexibility index (Phi) is 3.81. The third-order valence-corrected chi connectivity index (χ3v) is 3.12. The zero-order chi connectivity index (χ0) is 13.1. The number of hydrogen-bond donors (Lipinski definition) is 0. The first-order valence-electron chi connectivity index (χ1n) is 6.56. The predicted octanol–water partition coefficient (Wildman–Crippen LogP) is 4.80. The van der Waals surface area contributed by atoms with Crippen LogP contribution < -0.4 is 0 Å². The van der Waals surface area contributed by atoms with Crippen LogP contribution in [0, 0.1) is 6.07 Å². The third-order valence-electron chi connectivity index (χ3n) is 3.12. The molecule has 1 heterocycles. The zero-order valence-electron chi connectivity index (χ0n) is 11.6. The van der Waals surface area contributed by atoms with Gasteiger partial charge in [-0.1, -0.05) is 33.8 Å². The van der Waals surface area contributed by atoms with Crippen molar-refractivity contribution in [2.24, 2.45) is 0 Å². The highest BCUT2D eigenvalue weighted by molar-refractivity contribution is 5.61. The van der Waals surface area contributed by atoms with Crippen molar-refractivity contribution < 1.29 is 0 Å². The van der Waals surface area contributed by atoms with Gasteiger partial charge in [0.25, 0.3) is 0 Å². The predicted molar refractivity (Wildman–Crippen MR) is 76.7 cm³/mol. The van der Waals surface area contributed by atoms with E-state index >= 15 is 0 Å². The van der Waals surface area contributed by atoms with Crippen molar-refractivity contribution in [2.45, 2.75) is 39.5 Å². The maximum absolute atomic E-state index is 4.44. The second-order valence-corrected chi connectivity index (χ2v) is 5.30. The second-order valence-electron chi connectivity index (χ2n) is 5.30. The summed E-state index contributed by atoms with van der Waals surface area (Å²) in [7, 11) is 0. The van der Waals surface area contributed by atoms with Gasteiger partial charge >= 0.3 is 0 Å². The van der Waals surface area contributed by atoms with Gasteiger partial charge in [-0.2, -0.15) is 0 Å². The summed E-state index contributed by atoms with van der Waals surface area (Å²) < 4.78 is 0. The monoisotopic (exact) mass is 238 g/mol. The van der Waals surface area contributed by atoms with Gasteiger partial charge in [-0.25, -0.2) is 0 Å². The molecular formula is C17H20N. The van der Waals surface area contributed by atoms with E-state index in [2.05, 4.69) is 56.9 Å². The Hall–Kier alpha value is -1.63. The quantitative estimate of drug-likeness (QED) is 0.748. The lowest BCUT2D eigenvalue weighted by Crippen LogP contribution is -1.96. The summed E-state index contributed by atoms with van der Waals surface area (Å²) in [4.78, 5) is 4.44. The lowest BCUT2D eigenvalue weighted by Gasteiger charge is -2.13. The first-order chi connectivity index (χ1) is 8.58. The van der Waals surface area contributed by atoms with Crippen LogP contribution in [0.1, 0.15) is 50.7 Å². The van der Waals surface area contributed by atoms with Crippen LogP contribution in [-0.2, 0) is 0 Å². The van der Waals surface area contributed by atoms with E-state index in [4.69, 9.17) is 0 Å². The molecule has 0 saturated carbocycles. The fraction of sp³-hybridized carbons (Fsp3) is 0.353. The van der Waals surface area contributed by atoms with E-state index in [9.17, 15) is 0 Å². The molecule has 1 heteroatoms. The summed E-state index contributed by atoms with van der Waals surface area (Å²) in [6.07, 6.45) is 1.84. The highest BCUT2D eigenvalue weighted by Gasteiger charge is 2.09. The molecule has 0 fully saturated rings. The molecule has 0 N–H and O–H groups in total. The van der Waals surface area contributed by atoms with Crippen LogP contribution in [-0.4, -0.2) is 4.98 Å². The number of pyridine rings is 1. The maximum atomic E-state index is 4.44. The molecule has 1 radical (unpaired) electrons. The van der Waals surface area contributed by atoms with Crippen molar-refractivity contribution in [2.75, 3.05) is 0 Å². The largest absolute Gasteiger partial charge is 0.256 e. The molecule has 1 nitrogen and oxygen atoms in total. The van der Waals surface area contributed by atoms with Crippen LogP contribution in [0.5, 0.6) is 0 Å². The van der Waals surface area contributed by atoms with Crippen molar-refractivity contribution in [3.63, 3.8) is 0 Å². The molecule has 0 amide bonds. The third kappa shape index (κ3) is 2.79. The standard InChI is InChI=1S/C17H20N/c1-12(2)14-9-15(13(3)4)11-16(10-14)17-7-5-6-8-18-17/h5-8,10-13H,1-4H3. The minimum absolute atomic E-state index is 0.492. The maximum Gasteiger partial charge on any atom is 0.0702 e. The molecule has 0 aliphatic rings. The Balaban J connectivity index is 2.54. The summed E-state index contributed by atoms with van der Waals surface area (Å²) in [5, 5.41) is 0. The van der Waals surface area contributed by atoms with Crippen LogP contribution in [0.2, 0.25) is 0 Å². The minimum Gasteiger partial charge on any atom is -0.256 e. The molecule has 93 valence electrons. The topological polar surface area (TPSA) is 12.9 Å². The average molecular weight is 238 g/mol. The number of benzene rings is 1. The molecule has 0 aliphatic heterocycles. The average Bonchev–Trinajstić information content (AvgIpc) is 2.39. The highest BCUT2D eigenvalue weighted by Crippen LogP contribution is 2.27. The Morgan fingerprint density at radius 3 is 2.00 bits per heavy atom. The molecule has 2 aromatic rings. The smallest absolute Gasteiger partial charge is 0.0702 e. The van der Waals surface area contributed by atoms with Gasteiger partial charge in [0.15, 0.2) is 0 Å². The Morgan fingerprint density at radius 1 is 0.944 bits per heavy atom. The molecule has 0 atom stereocenters. The molecule has 0 spiro atoms. The van der Waals surface area contributed by atoms with Crippen LogP contribution in [0.25, 0.3) is 11.3 Å². The van der Waals surface area contributed by atoms with Crippen molar-refractivity contribution in [3.8, 4) is 11.3 Å². The Labute approximate surface area is 110 Å². The summed E-state index contributed by atoms with van der Waals surface area (Å²) in [6, 6.07) is 14.0. The van der Waals surface area contributed by atoms with Crippen molar-refractivity contribution in [3.05, 3.63) is 53.7 Å². The summed E-state index contributed by atoms with van der Waals surface area (Å²) in [6.45, 7) is 8.83. The first kappa shape index (κ1) is 12.8. The lowest BCUT2D eigenvalue weighted by atomic mass is 9.92. The van der Waals surface area contributed by atoms with Gasteiger partial charge in [-0.05, 0) is 53.3 Å². The second kappa shape index (κ2) is 5.34. The first-order valence-corrected chi connectivity index (χ1v) is 6.56. The van der Waals surface area contributed by atoms with Gasteiger partial charge in [-0.15, -0.1) is 0 Å². The van der Waals surface area contributed by atoms with Gasteiger partial charge in [0.1, 0.15) is 0 Å². The van der Waals surface area contributed by atoms with E-state index in [1.165, 1.54) is 16.7 Å². The summed E-state index contributed by atoms with van der Waals surface area (Å²) >= 11 is 0. The van der Waals surface area contributed by atoms with E-state index in [1.807, 2.05) is 18.3 Å². The fourth-order valence-electron chi connectivity index (χ4n) is 1.92. The van der Waals surface area contributed by atoms with Crippen LogP contribution in [0.4, 0.5) is 0 Å². The van der Waals surface area contributed by atoms with E-state index in [-0.39, 0.29) is 0 Å². The minimum atomic E-state index is 0.492. The van der Waals surface area contributed by atoms with Gasteiger partial charge in [-0.3, -0.25) is 4.98 Å². The van der Waals surface area contributed by atoms with Crippen molar-refractivity contribution >= 4 is 0 Å². The Morgan fingerprint density at radius 2 is 1.56 bits per heavy atom. The molecule has 0 saturated heterocycles. The molecule has 1 aromatic carbocycles.